The molecule has 3 aliphatic heterocycles. The number of anilines is 1. The lowest BCUT2D eigenvalue weighted by molar-refractivity contribution is -0.126. The number of aldehydes is 2. The Morgan fingerprint density at radius 3 is 1.32 bits per heavy atom. The number of benzene rings is 5. The summed E-state index contributed by atoms with van der Waals surface area (Å²) in [4.78, 5) is 53.7. The number of likely N-dealkylation sites (tertiary alicyclic amines) is 2. The number of aromatic nitrogens is 4. The van der Waals surface area contributed by atoms with Crippen LogP contribution in [0.2, 0.25) is 0 Å². The molecule has 5 aliphatic rings. The number of nitrogens with one attached hydrogen (secondary N) is 2. The van der Waals surface area contributed by atoms with Crippen LogP contribution in [0.3, 0.4) is 0 Å². The van der Waals surface area contributed by atoms with Crippen molar-refractivity contribution in [1.82, 2.24) is 29.7 Å². The summed E-state index contributed by atoms with van der Waals surface area (Å²) in [5.74, 6) is 2.51. The molecular weight excluding hydrogens is 899 g/mol. The quantitative estimate of drug-likeness (QED) is 0.111. The van der Waals surface area contributed by atoms with Crippen LogP contribution < -0.4 is 4.90 Å². The second-order valence-electron chi connectivity index (χ2n) is 23.6. The largest absolute Gasteiger partial charge is 0.357 e. The first-order valence-electron chi connectivity index (χ1n) is 28.1. The summed E-state index contributed by atoms with van der Waals surface area (Å²) in [5.41, 5.74) is 10.1. The lowest BCUT2D eigenvalue weighted by Gasteiger charge is -2.47. The molecule has 6 atom stereocenters. The monoisotopic (exact) mass is 974 g/mol. The summed E-state index contributed by atoms with van der Waals surface area (Å²) < 4.78 is 0. The van der Waals surface area contributed by atoms with E-state index in [0.717, 1.165) is 122 Å². The van der Waals surface area contributed by atoms with E-state index < -0.39 is 11.1 Å². The molecular formula is C64H75N7O2. The Morgan fingerprint density at radius 1 is 0.466 bits per heavy atom. The molecule has 2 N–H and O–H groups in total. The van der Waals surface area contributed by atoms with Crippen molar-refractivity contribution in [3.8, 4) is 0 Å². The van der Waals surface area contributed by atoms with Gasteiger partial charge in [-0.25, -0.2) is 9.97 Å². The average molecular weight is 974 g/mol. The van der Waals surface area contributed by atoms with Gasteiger partial charge in [0.1, 0.15) is 35.3 Å². The molecule has 3 saturated heterocycles. The minimum absolute atomic E-state index is 0.0276. The predicted octanol–water partition coefficient (Wildman–Crippen LogP) is 14.4. The molecule has 378 valence electrons. The van der Waals surface area contributed by atoms with Crippen molar-refractivity contribution in [2.24, 2.45) is 11.8 Å². The van der Waals surface area contributed by atoms with E-state index in [0.29, 0.717) is 0 Å². The standard InChI is InChI=1S/C64H75N7O2/c1-62(2,3)46-30-32-51(33-31-46)71-56(44-28-34-52-54(40-44)67-60(65-52)58-26-16-38-69(58)63(42-72,47-18-8-4-9-19-47)48-20-10-5-11-21-48)36-37-57(71)45-29-35-53-55(41-45)68-61(66-53)59-27-17-39-70(59)64(43-73,49-22-12-6-13-23-49)50-24-14-7-15-25-50/h4,6,8-9,12-13,18-19,22-23,28-35,40-43,48,50,56-59H,5,7,10-11,14-17,20-21,24-27,36-39H2,1-3H3,(H,65,67)(H,66,68)/t56-,57-,58+,59+,63+,64?/m1/s1. The smallest absolute Gasteiger partial charge is 0.145 e. The number of aromatic amines is 2. The van der Waals surface area contributed by atoms with Gasteiger partial charge in [-0.3, -0.25) is 9.80 Å². The molecule has 12 rings (SSSR count). The Kier molecular flexibility index (Phi) is 13.0. The lowest BCUT2D eigenvalue weighted by Crippen LogP contribution is -2.53. The zero-order valence-corrected chi connectivity index (χ0v) is 43.4. The first-order chi connectivity index (χ1) is 35.7. The molecule has 5 fully saturated rings. The number of nitrogens with zero attached hydrogens (tertiary/aromatic N) is 5. The Bertz CT molecular complexity index is 2860. The van der Waals surface area contributed by atoms with Crippen molar-refractivity contribution in [3.63, 3.8) is 0 Å². The molecule has 9 nitrogen and oxygen atoms in total. The van der Waals surface area contributed by atoms with Crippen LogP contribution in [0, 0.1) is 11.8 Å². The van der Waals surface area contributed by atoms with Gasteiger partial charge in [-0.05, 0) is 146 Å². The van der Waals surface area contributed by atoms with Crippen molar-refractivity contribution in [1.29, 1.82) is 0 Å². The maximum atomic E-state index is 13.8. The third-order valence-electron chi connectivity index (χ3n) is 18.6. The predicted molar refractivity (Wildman–Crippen MR) is 293 cm³/mol. The zero-order chi connectivity index (χ0) is 49.7. The van der Waals surface area contributed by atoms with E-state index >= 15 is 0 Å². The topological polar surface area (TPSA) is 101 Å². The van der Waals surface area contributed by atoms with Gasteiger partial charge in [-0.2, -0.15) is 0 Å². The van der Waals surface area contributed by atoms with Crippen molar-refractivity contribution in [3.05, 3.63) is 161 Å². The molecule has 5 heterocycles. The molecule has 2 saturated carbocycles. The third kappa shape index (κ3) is 8.47. The highest BCUT2D eigenvalue weighted by molar-refractivity contribution is 5.78. The van der Waals surface area contributed by atoms with Gasteiger partial charge in [0.25, 0.3) is 0 Å². The molecule has 5 aromatic carbocycles. The van der Waals surface area contributed by atoms with E-state index in [2.05, 4.69) is 167 Å². The molecule has 73 heavy (non-hydrogen) atoms. The normalized spacial score (nSPS) is 24.6. The summed E-state index contributed by atoms with van der Waals surface area (Å²) in [5, 5.41) is 0. The van der Waals surface area contributed by atoms with Crippen LogP contribution in [0.25, 0.3) is 22.1 Å². The van der Waals surface area contributed by atoms with Gasteiger partial charge in [0.2, 0.25) is 0 Å². The summed E-state index contributed by atoms with van der Waals surface area (Å²) >= 11 is 0. The third-order valence-corrected chi connectivity index (χ3v) is 18.6. The van der Waals surface area contributed by atoms with Crippen LogP contribution in [0.5, 0.6) is 0 Å². The molecule has 0 amide bonds. The van der Waals surface area contributed by atoms with Crippen LogP contribution in [0.15, 0.2) is 121 Å². The number of rotatable bonds is 13. The molecule has 9 heteroatoms. The van der Waals surface area contributed by atoms with Gasteiger partial charge < -0.3 is 24.5 Å². The Hall–Kier alpha value is -5.90. The number of hydrogen-bond donors (Lipinski definition) is 2. The first-order valence-corrected chi connectivity index (χ1v) is 28.1. The number of H-pyrrole nitrogens is 2. The van der Waals surface area contributed by atoms with Crippen LogP contribution in [-0.2, 0) is 26.1 Å². The zero-order valence-electron chi connectivity index (χ0n) is 43.4. The number of fused-ring (bicyclic) bond motifs is 2. The van der Waals surface area contributed by atoms with Gasteiger partial charge in [0.15, 0.2) is 0 Å². The highest BCUT2D eigenvalue weighted by Gasteiger charge is 2.52. The van der Waals surface area contributed by atoms with E-state index in [1.165, 1.54) is 73.5 Å². The van der Waals surface area contributed by atoms with Crippen molar-refractivity contribution in [2.45, 2.75) is 164 Å². The van der Waals surface area contributed by atoms with Crippen LogP contribution in [0.1, 0.15) is 187 Å². The number of carbonyl (C=O) groups excluding carboxylic acids is 2. The summed E-state index contributed by atoms with van der Waals surface area (Å²) in [7, 11) is 0. The lowest BCUT2D eigenvalue weighted by atomic mass is 9.70. The highest BCUT2D eigenvalue weighted by Crippen LogP contribution is 2.52. The molecule has 1 unspecified atom stereocenters. The Labute approximate surface area is 432 Å². The maximum absolute atomic E-state index is 13.8. The average Bonchev–Trinajstić information content (AvgIpc) is 4.31. The van der Waals surface area contributed by atoms with Crippen molar-refractivity contribution >= 4 is 40.3 Å². The molecule has 0 bridgehead atoms. The number of carbonyl (C=O) groups is 2. The van der Waals surface area contributed by atoms with E-state index in [9.17, 15) is 9.59 Å². The van der Waals surface area contributed by atoms with Crippen LogP contribution in [-0.4, -0.2) is 55.4 Å². The van der Waals surface area contributed by atoms with E-state index in [1.807, 2.05) is 0 Å². The number of imidazole rings is 2. The van der Waals surface area contributed by atoms with Gasteiger partial charge >= 0.3 is 0 Å². The molecule has 7 aromatic rings. The molecule has 2 aromatic heterocycles. The van der Waals surface area contributed by atoms with Crippen LogP contribution >= 0.6 is 0 Å². The Balaban J connectivity index is 0.871. The fourth-order valence-electron chi connectivity index (χ4n) is 15.0. The second-order valence-corrected chi connectivity index (χ2v) is 23.6. The van der Waals surface area contributed by atoms with Crippen molar-refractivity contribution < 1.29 is 9.59 Å². The van der Waals surface area contributed by atoms with Gasteiger partial charge in [0.05, 0.1) is 46.2 Å². The van der Waals surface area contributed by atoms with Gasteiger partial charge in [0, 0.05) is 18.8 Å². The van der Waals surface area contributed by atoms with Gasteiger partial charge in [-0.1, -0.05) is 144 Å². The minimum atomic E-state index is -0.675. The van der Waals surface area contributed by atoms with Gasteiger partial charge in [-0.15, -0.1) is 0 Å². The summed E-state index contributed by atoms with van der Waals surface area (Å²) in [6, 6.07) is 44.7. The maximum Gasteiger partial charge on any atom is 0.145 e. The number of hydrogen-bond acceptors (Lipinski definition) is 7. The molecule has 0 spiro atoms. The summed E-state index contributed by atoms with van der Waals surface area (Å²) in [6.45, 7) is 8.61. The highest BCUT2D eigenvalue weighted by atomic mass is 16.1. The SMILES string of the molecule is CC(C)(C)c1ccc(N2[C@@H](c3ccc4nc([C@@H]5CCCN5C(C=O)(c5ccccc5)C5CCCCC5)[nH]c4c3)CC[C@@H]2c2ccc3nc([C@@H]4CCCN4[C@@](C=O)(c4ccccc4)C4CCCCC4)[nH]c3c2)cc1. The molecule has 2 aliphatic carbocycles. The minimum Gasteiger partial charge on any atom is -0.357 e. The molecule has 0 radical (unpaired) electrons. The Morgan fingerprint density at radius 2 is 0.904 bits per heavy atom. The second kappa shape index (κ2) is 19.7. The fourth-order valence-corrected chi connectivity index (χ4v) is 15.0. The summed E-state index contributed by atoms with van der Waals surface area (Å²) in [6.07, 6.45) is 20.1. The fraction of sp³-hybridized carbons (Fsp3) is 0.469. The van der Waals surface area contributed by atoms with E-state index in [-0.39, 0.29) is 41.4 Å². The van der Waals surface area contributed by atoms with Crippen molar-refractivity contribution in [2.75, 3.05) is 18.0 Å². The van der Waals surface area contributed by atoms with E-state index in [4.69, 9.17) is 9.97 Å². The van der Waals surface area contributed by atoms with E-state index in [1.54, 1.807) is 0 Å². The van der Waals surface area contributed by atoms with Crippen LogP contribution in [0.4, 0.5) is 5.69 Å². The first kappa shape index (κ1) is 48.1.